The maximum Gasteiger partial charge on any atom is 0.347 e. The number of aromatic nitrogens is 3. The summed E-state index contributed by atoms with van der Waals surface area (Å²) in [6, 6.07) is 3.47. The SMILES string of the molecule is Cn1cc(C(N)=O)c(-c2ccc[nH]2)nc1=O. The van der Waals surface area contributed by atoms with Gasteiger partial charge in [0.05, 0.1) is 11.3 Å². The first kappa shape index (κ1) is 10.2. The van der Waals surface area contributed by atoms with Gasteiger partial charge in [-0.1, -0.05) is 0 Å². The number of nitrogens with two attached hydrogens (primary N) is 1. The van der Waals surface area contributed by atoms with Gasteiger partial charge in [-0.3, -0.25) is 4.79 Å². The molecule has 0 saturated carbocycles. The van der Waals surface area contributed by atoms with Gasteiger partial charge in [0.1, 0.15) is 5.69 Å². The Balaban J connectivity index is 2.73. The molecule has 0 atom stereocenters. The highest BCUT2D eigenvalue weighted by atomic mass is 16.1. The van der Waals surface area contributed by atoms with E-state index in [1.807, 2.05) is 0 Å². The van der Waals surface area contributed by atoms with Crippen molar-refractivity contribution in [2.75, 3.05) is 0 Å². The van der Waals surface area contributed by atoms with Crippen molar-refractivity contribution >= 4 is 5.91 Å². The normalized spacial score (nSPS) is 10.3. The highest BCUT2D eigenvalue weighted by Gasteiger charge is 2.14. The first-order chi connectivity index (χ1) is 7.59. The summed E-state index contributed by atoms with van der Waals surface area (Å²) >= 11 is 0. The molecule has 3 N–H and O–H groups in total. The molecule has 1 amide bonds. The zero-order valence-corrected chi connectivity index (χ0v) is 8.60. The Morgan fingerprint density at radius 2 is 2.31 bits per heavy atom. The predicted molar refractivity (Wildman–Crippen MR) is 57.8 cm³/mol. The molecular weight excluding hydrogens is 208 g/mol. The van der Waals surface area contributed by atoms with Gasteiger partial charge in [-0.2, -0.15) is 4.98 Å². The van der Waals surface area contributed by atoms with Crippen molar-refractivity contribution in [2.24, 2.45) is 12.8 Å². The summed E-state index contributed by atoms with van der Waals surface area (Å²) in [7, 11) is 1.51. The zero-order chi connectivity index (χ0) is 11.7. The van der Waals surface area contributed by atoms with Crippen LogP contribution in [-0.4, -0.2) is 20.4 Å². The van der Waals surface area contributed by atoms with Crippen LogP contribution < -0.4 is 11.4 Å². The van der Waals surface area contributed by atoms with Gasteiger partial charge in [0.25, 0.3) is 5.91 Å². The number of amides is 1. The predicted octanol–water partition coefficient (Wildman–Crippen LogP) is -0.126. The molecule has 2 aromatic heterocycles. The minimum Gasteiger partial charge on any atom is -0.365 e. The number of nitrogens with zero attached hydrogens (tertiary/aromatic N) is 2. The number of hydrogen-bond acceptors (Lipinski definition) is 3. The van der Waals surface area contributed by atoms with Crippen molar-refractivity contribution in [2.45, 2.75) is 0 Å². The van der Waals surface area contributed by atoms with E-state index in [1.165, 1.54) is 17.8 Å². The number of aromatic amines is 1. The quantitative estimate of drug-likeness (QED) is 0.735. The molecule has 0 aliphatic heterocycles. The second-order valence-electron chi connectivity index (χ2n) is 3.34. The molecular formula is C10H10N4O2. The van der Waals surface area contributed by atoms with Crippen LogP contribution in [0.4, 0.5) is 0 Å². The average molecular weight is 218 g/mol. The molecule has 2 aromatic rings. The van der Waals surface area contributed by atoms with E-state index in [9.17, 15) is 9.59 Å². The first-order valence-corrected chi connectivity index (χ1v) is 4.61. The second-order valence-corrected chi connectivity index (χ2v) is 3.34. The van der Waals surface area contributed by atoms with Gasteiger partial charge in [-0.25, -0.2) is 4.79 Å². The molecule has 0 bridgehead atoms. The first-order valence-electron chi connectivity index (χ1n) is 4.61. The van der Waals surface area contributed by atoms with Gasteiger partial charge in [0, 0.05) is 19.4 Å². The molecule has 0 spiro atoms. The largest absolute Gasteiger partial charge is 0.365 e. The lowest BCUT2D eigenvalue weighted by atomic mass is 10.2. The molecule has 16 heavy (non-hydrogen) atoms. The minimum absolute atomic E-state index is 0.213. The fourth-order valence-corrected chi connectivity index (χ4v) is 1.41. The van der Waals surface area contributed by atoms with Gasteiger partial charge in [-0.05, 0) is 12.1 Å². The smallest absolute Gasteiger partial charge is 0.347 e. The molecule has 82 valence electrons. The van der Waals surface area contributed by atoms with Gasteiger partial charge in [0.2, 0.25) is 0 Å². The highest BCUT2D eigenvalue weighted by molar-refractivity contribution is 5.98. The summed E-state index contributed by atoms with van der Waals surface area (Å²) in [5, 5.41) is 0. The molecule has 2 rings (SSSR count). The van der Waals surface area contributed by atoms with Crippen LogP contribution in [0.15, 0.2) is 29.3 Å². The van der Waals surface area contributed by atoms with Crippen molar-refractivity contribution in [3.8, 4) is 11.4 Å². The summed E-state index contributed by atoms with van der Waals surface area (Å²) in [5.41, 5.74) is 5.88. The van der Waals surface area contributed by atoms with Crippen molar-refractivity contribution in [3.63, 3.8) is 0 Å². The van der Waals surface area contributed by atoms with Crippen LogP contribution in [0.2, 0.25) is 0 Å². The topological polar surface area (TPSA) is 93.8 Å². The molecule has 0 unspecified atom stereocenters. The molecule has 2 heterocycles. The van der Waals surface area contributed by atoms with E-state index >= 15 is 0 Å². The van der Waals surface area contributed by atoms with Crippen LogP contribution in [0.1, 0.15) is 10.4 Å². The van der Waals surface area contributed by atoms with E-state index in [2.05, 4.69) is 9.97 Å². The zero-order valence-electron chi connectivity index (χ0n) is 8.60. The Labute approximate surface area is 90.7 Å². The summed E-state index contributed by atoms with van der Waals surface area (Å²) in [4.78, 5) is 29.3. The van der Waals surface area contributed by atoms with Crippen LogP contribution in [-0.2, 0) is 7.05 Å². The van der Waals surface area contributed by atoms with Crippen LogP contribution in [0, 0.1) is 0 Å². The van der Waals surface area contributed by atoms with Gasteiger partial charge in [0.15, 0.2) is 0 Å². The number of rotatable bonds is 2. The Morgan fingerprint density at radius 3 is 2.88 bits per heavy atom. The van der Waals surface area contributed by atoms with E-state index < -0.39 is 11.6 Å². The summed E-state index contributed by atoms with van der Waals surface area (Å²) < 4.78 is 1.21. The highest BCUT2D eigenvalue weighted by Crippen LogP contribution is 2.16. The molecule has 0 saturated heterocycles. The van der Waals surface area contributed by atoms with E-state index in [4.69, 9.17) is 5.73 Å². The number of carbonyl (C=O) groups excluding carboxylic acids is 1. The Morgan fingerprint density at radius 1 is 1.56 bits per heavy atom. The summed E-state index contributed by atoms with van der Waals surface area (Å²) in [6.45, 7) is 0. The minimum atomic E-state index is -0.618. The fraction of sp³-hybridized carbons (Fsp3) is 0.100. The number of nitrogens with one attached hydrogen (secondary N) is 1. The molecule has 0 fully saturated rings. The third kappa shape index (κ3) is 1.60. The lowest BCUT2D eigenvalue weighted by molar-refractivity contribution is 0.0999. The Bertz CT molecular complexity index is 583. The third-order valence-corrected chi connectivity index (χ3v) is 2.21. The maximum absolute atomic E-state index is 11.4. The van der Waals surface area contributed by atoms with Gasteiger partial charge >= 0.3 is 5.69 Å². The van der Waals surface area contributed by atoms with Crippen molar-refractivity contribution < 1.29 is 4.79 Å². The second kappa shape index (κ2) is 3.65. The number of aryl methyl sites for hydroxylation is 1. The fourth-order valence-electron chi connectivity index (χ4n) is 1.41. The molecule has 0 aromatic carbocycles. The van der Waals surface area contributed by atoms with Crippen LogP contribution in [0.3, 0.4) is 0 Å². The lowest BCUT2D eigenvalue weighted by Crippen LogP contribution is -2.25. The molecule has 0 radical (unpaired) electrons. The number of carbonyl (C=O) groups is 1. The molecule has 6 heteroatoms. The number of H-pyrrole nitrogens is 1. The van der Waals surface area contributed by atoms with E-state index in [0.29, 0.717) is 5.69 Å². The average Bonchev–Trinajstić information content (AvgIpc) is 2.74. The van der Waals surface area contributed by atoms with Crippen LogP contribution >= 0.6 is 0 Å². The van der Waals surface area contributed by atoms with Crippen molar-refractivity contribution in [1.82, 2.24) is 14.5 Å². The lowest BCUT2D eigenvalue weighted by Gasteiger charge is -2.05. The van der Waals surface area contributed by atoms with Gasteiger partial charge in [-0.15, -0.1) is 0 Å². The summed E-state index contributed by atoms with van der Waals surface area (Å²) in [5.74, 6) is -0.618. The Hall–Kier alpha value is -2.37. The monoisotopic (exact) mass is 218 g/mol. The standard InChI is InChI=1S/C10H10N4O2/c1-14-5-6(9(11)15)8(13-10(14)16)7-3-2-4-12-7/h2-5,12H,1H3,(H2,11,15). The van der Waals surface area contributed by atoms with Gasteiger partial charge < -0.3 is 15.3 Å². The van der Waals surface area contributed by atoms with Crippen molar-refractivity contribution in [3.05, 3.63) is 40.6 Å². The summed E-state index contributed by atoms with van der Waals surface area (Å²) in [6.07, 6.45) is 3.06. The number of hydrogen-bond donors (Lipinski definition) is 2. The molecule has 6 nitrogen and oxygen atoms in total. The maximum atomic E-state index is 11.4. The third-order valence-electron chi connectivity index (χ3n) is 2.21. The molecule has 0 aliphatic carbocycles. The van der Waals surface area contributed by atoms with Crippen LogP contribution in [0.5, 0.6) is 0 Å². The Kier molecular flexibility index (Phi) is 2.32. The van der Waals surface area contributed by atoms with E-state index in [1.54, 1.807) is 18.3 Å². The van der Waals surface area contributed by atoms with Crippen LogP contribution in [0.25, 0.3) is 11.4 Å². The molecule has 0 aliphatic rings. The number of primary amides is 1. The van der Waals surface area contributed by atoms with E-state index in [0.717, 1.165) is 0 Å². The van der Waals surface area contributed by atoms with Crippen molar-refractivity contribution in [1.29, 1.82) is 0 Å². The van der Waals surface area contributed by atoms with E-state index in [-0.39, 0.29) is 11.3 Å².